The lowest BCUT2D eigenvalue weighted by Crippen LogP contribution is -2.33. The van der Waals surface area contributed by atoms with Gasteiger partial charge in [0.05, 0.1) is 9.38 Å². The van der Waals surface area contributed by atoms with Gasteiger partial charge in [-0.25, -0.2) is 0 Å². The topological polar surface area (TPSA) is 70.8 Å². The van der Waals surface area contributed by atoms with Crippen LogP contribution >= 0.6 is 51.7 Å². The maximum absolute atomic E-state index is 12.3. The number of amides is 1. The first kappa shape index (κ1) is 19.2. The van der Waals surface area contributed by atoms with E-state index < -0.39 is 18.4 Å². The van der Waals surface area contributed by atoms with Gasteiger partial charge in [-0.05, 0) is 41.1 Å². The Morgan fingerprint density at radius 2 is 2.12 bits per heavy atom. The molecule has 2 heterocycles. The number of carboxylic acid groups (broad SMARTS) is 1. The Morgan fingerprint density at radius 3 is 2.77 bits per heavy atom. The fourth-order valence-electron chi connectivity index (χ4n) is 2.12. The lowest BCUT2D eigenvalue weighted by molar-refractivity contribution is -0.140. The summed E-state index contributed by atoms with van der Waals surface area (Å²) in [5.74, 6) is -1.05. The maximum atomic E-state index is 12.3. The van der Waals surface area contributed by atoms with Crippen molar-refractivity contribution in [1.29, 1.82) is 0 Å². The van der Waals surface area contributed by atoms with Gasteiger partial charge < -0.3 is 9.52 Å². The highest BCUT2D eigenvalue weighted by Gasteiger charge is 2.33. The third kappa shape index (κ3) is 4.40. The monoisotopic (exact) mass is 469 g/mol. The Labute approximate surface area is 171 Å². The van der Waals surface area contributed by atoms with Crippen LogP contribution in [-0.2, 0) is 9.59 Å². The Balaban J connectivity index is 1.79. The number of hydrogen-bond donors (Lipinski definition) is 1. The van der Waals surface area contributed by atoms with Crippen molar-refractivity contribution in [3.05, 3.63) is 51.0 Å². The summed E-state index contributed by atoms with van der Waals surface area (Å²) < 4.78 is 6.81. The number of thiocarbonyl (C=S) groups is 1. The molecule has 26 heavy (non-hydrogen) atoms. The third-order valence-corrected chi connectivity index (χ3v) is 6.57. The van der Waals surface area contributed by atoms with Gasteiger partial charge in [0.15, 0.2) is 5.09 Å². The van der Waals surface area contributed by atoms with E-state index in [1.807, 2.05) is 31.2 Å². The molecule has 1 N–H and O–H groups in total. The zero-order valence-electron chi connectivity index (χ0n) is 13.4. The molecule has 9 heteroatoms. The minimum atomic E-state index is -1.11. The van der Waals surface area contributed by atoms with Crippen molar-refractivity contribution in [1.82, 2.24) is 4.90 Å². The number of benzene rings is 1. The van der Waals surface area contributed by atoms with Crippen LogP contribution in [0.25, 0.3) is 6.08 Å². The first-order chi connectivity index (χ1) is 12.3. The summed E-state index contributed by atoms with van der Waals surface area (Å²) in [6, 6.07) is 9.82. The van der Waals surface area contributed by atoms with Gasteiger partial charge in [0.25, 0.3) is 5.91 Å². The Hall–Kier alpha value is -1.55. The fraction of sp³-hybridized carbons (Fsp3) is 0.118. The molecule has 0 radical (unpaired) electrons. The molecule has 0 bridgehead atoms. The summed E-state index contributed by atoms with van der Waals surface area (Å²) in [5.41, 5.74) is 1.18. The molecule has 1 fully saturated rings. The largest absolute Gasteiger partial charge is 0.480 e. The number of rotatable bonds is 5. The molecule has 0 atom stereocenters. The van der Waals surface area contributed by atoms with E-state index in [-0.39, 0.29) is 4.32 Å². The molecule has 0 unspecified atom stereocenters. The van der Waals surface area contributed by atoms with Gasteiger partial charge in [-0.3, -0.25) is 14.5 Å². The van der Waals surface area contributed by atoms with Crippen LogP contribution in [0.2, 0.25) is 0 Å². The SMILES string of the molecule is Cc1ccc(Sc2oc(C=C3SC(=S)N(CC(=O)O)C3=O)cc2Br)cc1. The van der Waals surface area contributed by atoms with E-state index in [1.165, 1.54) is 17.3 Å². The van der Waals surface area contributed by atoms with Crippen molar-refractivity contribution in [2.75, 3.05) is 6.54 Å². The van der Waals surface area contributed by atoms with E-state index in [9.17, 15) is 9.59 Å². The minimum Gasteiger partial charge on any atom is -0.480 e. The zero-order valence-corrected chi connectivity index (χ0v) is 17.4. The highest BCUT2D eigenvalue weighted by molar-refractivity contribution is 9.10. The predicted molar refractivity (Wildman–Crippen MR) is 109 cm³/mol. The van der Waals surface area contributed by atoms with Gasteiger partial charge in [-0.15, -0.1) is 0 Å². The molecule has 2 aromatic rings. The van der Waals surface area contributed by atoms with Gasteiger partial charge in [-0.1, -0.05) is 53.4 Å². The fourth-order valence-corrected chi connectivity index (χ4v) is 4.69. The first-order valence-electron chi connectivity index (χ1n) is 7.34. The van der Waals surface area contributed by atoms with Crippen LogP contribution in [0.15, 0.2) is 54.1 Å². The molecule has 1 amide bonds. The standard InChI is InChI=1S/C17H12BrNO4S3/c1-9-2-4-11(5-3-9)25-16-12(18)6-10(23-16)7-13-15(22)19(8-14(20)21)17(24)26-13/h2-7H,8H2,1H3,(H,20,21). The molecule has 1 aromatic heterocycles. The third-order valence-electron chi connectivity index (χ3n) is 3.35. The van der Waals surface area contributed by atoms with E-state index in [4.69, 9.17) is 21.7 Å². The Bertz CT molecular complexity index is 921. The summed E-state index contributed by atoms with van der Waals surface area (Å²) in [4.78, 5) is 25.6. The summed E-state index contributed by atoms with van der Waals surface area (Å²) >= 11 is 11.1. The number of halogens is 1. The van der Waals surface area contributed by atoms with Gasteiger partial charge >= 0.3 is 5.97 Å². The summed E-state index contributed by atoms with van der Waals surface area (Å²) in [6.07, 6.45) is 1.57. The summed E-state index contributed by atoms with van der Waals surface area (Å²) in [7, 11) is 0. The number of carbonyl (C=O) groups excluding carboxylic acids is 1. The van der Waals surface area contributed by atoms with Crippen molar-refractivity contribution < 1.29 is 19.1 Å². The molecular formula is C17H12BrNO4S3. The van der Waals surface area contributed by atoms with Gasteiger partial charge in [-0.2, -0.15) is 0 Å². The number of aliphatic carboxylic acids is 1. The van der Waals surface area contributed by atoms with E-state index in [1.54, 1.807) is 12.1 Å². The molecule has 3 rings (SSSR count). The number of hydrogen-bond acceptors (Lipinski definition) is 6. The highest BCUT2D eigenvalue weighted by Crippen LogP contribution is 2.38. The second kappa shape index (κ2) is 7.99. The number of nitrogens with zero attached hydrogens (tertiary/aromatic N) is 1. The van der Waals surface area contributed by atoms with Gasteiger partial charge in [0.2, 0.25) is 0 Å². The molecule has 0 saturated carbocycles. The van der Waals surface area contributed by atoms with Crippen molar-refractivity contribution in [2.24, 2.45) is 0 Å². The molecular weight excluding hydrogens is 458 g/mol. The number of aryl methyl sites for hydroxylation is 1. The van der Waals surface area contributed by atoms with E-state index >= 15 is 0 Å². The smallest absolute Gasteiger partial charge is 0.323 e. The summed E-state index contributed by atoms with van der Waals surface area (Å²) in [5, 5.41) is 9.54. The van der Waals surface area contributed by atoms with Crippen LogP contribution in [0.1, 0.15) is 11.3 Å². The number of furan rings is 1. The van der Waals surface area contributed by atoms with E-state index in [0.717, 1.165) is 26.0 Å². The highest BCUT2D eigenvalue weighted by atomic mass is 79.9. The second-order valence-corrected chi connectivity index (χ2v) is 8.94. The second-order valence-electron chi connectivity index (χ2n) is 5.36. The predicted octanol–water partition coefficient (Wildman–Crippen LogP) is 4.79. The molecule has 1 aromatic carbocycles. The normalized spacial score (nSPS) is 15.9. The average Bonchev–Trinajstić information content (AvgIpc) is 3.04. The lowest BCUT2D eigenvalue weighted by atomic mass is 10.2. The van der Waals surface area contributed by atoms with Crippen molar-refractivity contribution in [3.8, 4) is 0 Å². The first-order valence-corrected chi connectivity index (χ1v) is 10.2. The molecule has 0 aliphatic carbocycles. The van der Waals surface area contributed by atoms with Gasteiger partial charge in [0, 0.05) is 11.0 Å². The van der Waals surface area contributed by atoms with Crippen molar-refractivity contribution in [2.45, 2.75) is 16.9 Å². The number of carboxylic acids is 1. The molecule has 1 aliphatic heterocycles. The molecule has 1 aliphatic rings. The molecule has 5 nitrogen and oxygen atoms in total. The van der Waals surface area contributed by atoms with Crippen LogP contribution in [0.4, 0.5) is 0 Å². The molecule has 0 spiro atoms. The van der Waals surface area contributed by atoms with Crippen LogP contribution in [0, 0.1) is 6.92 Å². The van der Waals surface area contributed by atoms with Crippen molar-refractivity contribution >= 4 is 73.9 Å². The van der Waals surface area contributed by atoms with Crippen LogP contribution in [-0.4, -0.2) is 32.7 Å². The number of carbonyl (C=O) groups is 2. The van der Waals surface area contributed by atoms with E-state index in [0.29, 0.717) is 15.8 Å². The molecule has 134 valence electrons. The van der Waals surface area contributed by atoms with Crippen LogP contribution < -0.4 is 0 Å². The quantitative estimate of drug-likeness (QED) is 0.498. The van der Waals surface area contributed by atoms with Crippen LogP contribution in [0.3, 0.4) is 0 Å². The lowest BCUT2D eigenvalue weighted by Gasteiger charge is -2.09. The Kier molecular flexibility index (Phi) is 5.91. The average molecular weight is 470 g/mol. The maximum Gasteiger partial charge on any atom is 0.323 e. The van der Waals surface area contributed by atoms with Gasteiger partial charge in [0.1, 0.15) is 16.6 Å². The van der Waals surface area contributed by atoms with Crippen molar-refractivity contribution in [3.63, 3.8) is 0 Å². The Morgan fingerprint density at radius 1 is 1.42 bits per heavy atom. The summed E-state index contributed by atoms with van der Waals surface area (Å²) in [6.45, 7) is 1.58. The zero-order chi connectivity index (χ0) is 18.8. The van der Waals surface area contributed by atoms with E-state index in [2.05, 4.69) is 15.9 Å². The molecule has 1 saturated heterocycles. The van der Waals surface area contributed by atoms with Crippen LogP contribution in [0.5, 0.6) is 0 Å². The minimum absolute atomic E-state index is 0.225. The number of thioether (sulfide) groups is 1.